The minimum absolute atomic E-state index is 0.413. The van der Waals surface area contributed by atoms with Gasteiger partial charge in [-0.25, -0.2) is 0 Å². The molecule has 0 aliphatic rings. The fourth-order valence-corrected chi connectivity index (χ4v) is 3.64. The van der Waals surface area contributed by atoms with Gasteiger partial charge in [0.15, 0.2) is 16.7 Å². The molecule has 5 nitrogen and oxygen atoms in total. The quantitative estimate of drug-likeness (QED) is 0.256. The van der Waals surface area contributed by atoms with Crippen LogP contribution in [0.2, 0.25) is 0 Å². The van der Waals surface area contributed by atoms with E-state index in [1.54, 1.807) is 13.3 Å². The lowest BCUT2D eigenvalue weighted by Gasteiger charge is -2.11. The topological polar surface area (TPSA) is 69.2 Å². The molecule has 0 radical (unpaired) electrons. The lowest BCUT2D eigenvalue weighted by molar-refractivity contribution is 0.284. The Morgan fingerprint density at radius 2 is 1.80 bits per heavy atom. The van der Waals surface area contributed by atoms with Gasteiger partial charge in [0.05, 0.1) is 13.3 Å². The summed E-state index contributed by atoms with van der Waals surface area (Å²) in [5.74, 6) is 2.05. The normalized spacial score (nSPS) is 11.6. The molecule has 0 heterocycles. The van der Waals surface area contributed by atoms with E-state index in [0.29, 0.717) is 23.3 Å². The van der Waals surface area contributed by atoms with Crippen LogP contribution in [0.5, 0.6) is 11.5 Å². The van der Waals surface area contributed by atoms with E-state index in [2.05, 4.69) is 38.3 Å². The van der Waals surface area contributed by atoms with Crippen molar-refractivity contribution in [2.24, 2.45) is 15.9 Å². The summed E-state index contributed by atoms with van der Waals surface area (Å²) in [5, 5.41) is 8.54. The lowest BCUT2D eigenvalue weighted by Crippen LogP contribution is -2.06. The summed E-state index contributed by atoms with van der Waals surface area (Å²) in [4.78, 5) is 0. The van der Waals surface area contributed by atoms with Crippen LogP contribution in [-0.4, -0.2) is 18.5 Å². The van der Waals surface area contributed by atoms with Crippen molar-refractivity contribution in [3.63, 3.8) is 0 Å². The molecule has 0 fully saturated rings. The fraction of sp³-hybridized carbons (Fsp3) is 0.130. The summed E-state index contributed by atoms with van der Waals surface area (Å²) >= 11 is 4.91. The highest BCUT2D eigenvalue weighted by atomic mass is 79.9. The SMILES string of the molecule is COc1cc(C=NN=C(N)SCc2ccccc2)ccc1OCc1cccc(Br)c1. The van der Waals surface area contributed by atoms with Crippen molar-refractivity contribution < 1.29 is 9.47 Å². The van der Waals surface area contributed by atoms with Gasteiger partial charge < -0.3 is 15.2 Å². The van der Waals surface area contributed by atoms with E-state index in [9.17, 15) is 0 Å². The Hall–Kier alpha value is -2.77. The Labute approximate surface area is 189 Å². The van der Waals surface area contributed by atoms with Crippen LogP contribution < -0.4 is 15.2 Å². The minimum atomic E-state index is 0.413. The summed E-state index contributed by atoms with van der Waals surface area (Å²) in [6, 6.07) is 23.7. The van der Waals surface area contributed by atoms with Gasteiger partial charge in [0.2, 0.25) is 0 Å². The number of ether oxygens (including phenoxy) is 2. The van der Waals surface area contributed by atoms with Crippen LogP contribution in [0.25, 0.3) is 0 Å². The van der Waals surface area contributed by atoms with Crippen LogP contribution in [0.3, 0.4) is 0 Å². The molecule has 0 saturated heterocycles. The maximum atomic E-state index is 5.92. The number of hydrogen-bond acceptors (Lipinski definition) is 5. The van der Waals surface area contributed by atoms with Gasteiger partial charge in [-0.1, -0.05) is 70.2 Å². The molecule has 3 aromatic rings. The zero-order valence-electron chi connectivity index (χ0n) is 16.5. The molecule has 0 saturated carbocycles. The molecule has 2 N–H and O–H groups in total. The van der Waals surface area contributed by atoms with E-state index in [0.717, 1.165) is 21.4 Å². The number of nitrogens with zero attached hydrogens (tertiary/aromatic N) is 2. The monoisotopic (exact) mass is 483 g/mol. The first-order chi connectivity index (χ1) is 14.6. The summed E-state index contributed by atoms with van der Waals surface area (Å²) in [7, 11) is 1.61. The second-order valence-electron chi connectivity index (χ2n) is 6.29. The smallest absolute Gasteiger partial charge is 0.180 e. The lowest BCUT2D eigenvalue weighted by atomic mass is 10.2. The van der Waals surface area contributed by atoms with Crippen molar-refractivity contribution in [1.82, 2.24) is 0 Å². The number of nitrogens with two attached hydrogens (primary N) is 1. The number of hydrogen-bond donors (Lipinski definition) is 1. The van der Waals surface area contributed by atoms with Crippen molar-refractivity contribution in [3.05, 3.63) is 94.0 Å². The summed E-state index contributed by atoms with van der Waals surface area (Å²) < 4.78 is 12.4. The van der Waals surface area contributed by atoms with Crippen molar-refractivity contribution in [2.45, 2.75) is 12.4 Å². The Balaban J connectivity index is 1.58. The number of halogens is 1. The maximum Gasteiger partial charge on any atom is 0.180 e. The Kier molecular flexibility index (Phi) is 8.35. The predicted octanol–water partition coefficient (Wildman–Crippen LogP) is 5.62. The molecule has 0 aromatic heterocycles. The largest absolute Gasteiger partial charge is 0.493 e. The maximum absolute atomic E-state index is 5.92. The van der Waals surface area contributed by atoms with Crippen molar-refractivity contribution in [3.8, 4) is 11.5 Å². The first-order valence-corrected chi connectivity index (χ1v) is 11.0. The van der Waals surface area contributed by atoms with E-state index in [4.69, 9.17) is 15.2 Å². The van der Waals surface area contributed by atoms with Gasteiger partial charge >= 0.3 is 0 Å². The third kappa shape index (κ3) is 6.93. The van der Waals surface area contributed by atoms with Crippen LogP contribution in [0, 0.1) is 0 Å². The van der Waals surface area contributed by atoms with Gasteiger partial charge in [0.1, 0.15) is 6.61 Å². The van der Waals surface area contributed by atoms with Crippen LogP contribution in [0.15, 0.2) is 87.5 Å². The molecule has 0 aliphatic heterocycles. The van der Waals surface area contributed by atoms with Crippen molar-refractivity contribution >= 4 is 39.1 Å². The molecule has 3 rings (SSSR count). The second kappa shape index (κ2) is 11.4. The van der Waals surface area contributed by atoms with E-state index in [1.807, 2.05) is 60.7 Å². The molecule has 0 amide bonds. The highest BCUT2D eigenvalue weighted by Gasteiger charge is 2.06. The van der Waals surface area contributed by atoms with Gasteiger partial charge in [-0.05, 0) is 47.0 Å². The first kappa shape index (κ1) is 21.9. The molecule has 0 bridgehead atoms. The number of methoxy groups -OCH3 is 1. The Morgan fingerprint density at radius 3 is 2.57 bits per heavy atom. The Bertz CT molecular complexity index is 1030. The third-order valence-electron chi connectivity index (χ3n) is 4.06. The van der Waals surface area contributed by atoms with E-state index >= 15 is 0 Å². The van der Waals surface area contributed by atoms with Crippen molar-refractivity contribution in [2.75, 3.05) is 7.11 Å². The first-order valence-electron chi connectivity index (χ1n) is 9.22. The van der Waals surface area contributed by atoms with Crippen LogP contribution in [0.1, 0.15) is 16.7 Å². The third-order valence-corrected chi connectivity index (χ3v) is 5.41. The molecular formula is C23H22BrN3O2S. The highest BCUT2D eigenvalue weighted by molar-refractivity contribution is 9.10. The standard InChI is InChI=1S/C23H22BrN3O2S/c1-28-22-13-18(10-11-21(22)29-15-19-8-5-9-20(24)12-19)14-26-27-23(25)30-16-17-6-3-2-4-7-17/h2-14H,15-16H2,1H3,(H2,25,27). The second-order valence-corrected chi connectivity index (χ2v) is 8.20. The molecule has 3 aromatic carbocycles. The highest BCUT2D eigenvalue weighted by Crippen LogP contribution is 2.28. The molecular weight excluding hydrogens is 462 g/mol. The van der Waals surface area contributed by atoms with E-state index < -0.39 is 0 Å². The average Bonchev–Trinajstić information content (AvgIpc) is 2.77. The van der Waals surface area contributed by atoms with Crippen LogP contribution >= 0.6 is 27.7 Å². The van der Waals surface area contributed by atoms with Crippen LogP contribution in [0.4, 0.5) is 0 Å². The zero-order valence-corrected chi connectivity index (χ0v) is 18.9. The summed E-state index contributed by atoms with van der Waals surface area (Å²) in [6.07, 6.45) is 1.64. The minimum Gasteiger partial charge on any atom is -0.493 e. The average molecular weight is 484 g/mol. The van der Waals surface area contributed by atoms with Gasteiger partial charge in [-0.15, -0.1) is 5.10 Å². The molecule has 7 heteroatoms. The molecule has 0 unspecified atom stereocenters. The van der Waals surface area contributed by atoms with Crippen molar-refractivity contribution in [1.29, 1.82) is 0 Å². The predicted molar refractivity (Wildman–Crippen MR) is 128 cm³/mol. The molecule has 0 spiro atoms. The van der Waals surface area contributed by atoms with E-state index in [-0.39, 0.29) is 0 Å². The van der Waals surface area contributed by atoms with E-state index in [1.165, 1.54) is 17.3 Å². The molecule has 30 heavy (non-hydrogen) atoms. The molecule has 154 valence electrons. The molecule has 0 atom stereocenters. The van der Waals surface area contributed by atoms with Gasteiger partial charge in [-0.3, -0.25) is 0 Å². The van der Waals surface area contributed by atoms with Crippen LogP contribution in [-0.2, 0) is 12.4 Å². The number of thioether (sulfide) groups is 1. The summed E-state index contributed by atoms with van der Waals surface area (Å²) in [5.41, 5.74) is 9.01. The van der Waals surface area contributed by atoms with Gasteiger partial charge in [-0.2, -0.15) is 5.10 Å². The zero-order chi connectivity index (χ0) is 21.2. The molecule has 0 aliphatic carbocycles. The van der Waals surface area contributed by atoms with Gasteiger partial charge in [0.25, 0.3) is 0 Å². The summed E-state index contributed by atoms with van der Waals surface area (Å²) in [6.45, 7) is 0.447. The number of amidine groups is 1. The van der Waals surface area contributed by atoms with Gasteiger partial charge in [0, 0.05) is 10.2 Å². The fourth-order valence-electron chi connectivity index (χ4n) is 2.58. The number of benzene rings is 3. The number of rotatable bonds is 8. The Morgan fingerprint density at radius 1 is 1.00 bits per heavy atom.